The predicted molar refractivity (Wildman–Crippen MR) is 118 cm³/mol. The van der Waals surface area contributed by atoms with Crippen molar-refractivity contribution in [3.63, 3.8) is 0 Å². The number of aromatic nitrogens is 5. The molecule has 4 heterocycles. The van der Waals surface area contributed by atoms with Crippen LogP contribution in [0.1, 0.15) is 5.69 Å². The van der Waals surface area contributed by atoms with Crippen LogP contribution in [-0.2, 0) is 0 Å². The fraction of sp³-hybridized carbons (Fsp3) is 0.0952. The van der Waals surface area contributed by atoms with Gasteiger partial charge in [-0.3, -0.25) is 0 Å². The van der Waals surface area contributed by atoms with Gasteiger partial charge < -0.3 is 9.88 Å². The summed E-state index contributed by atoms with van der Waals surface area (Å²) in [6.07, 6.45) is 5.52. The highest BCUT2D eigenvalue weighted by Gasteiger charge is 2.23. The fourth-order valence-corrected chi connectivity index (χ4v) is 4.65. The number of anilines is 2. The molecule has 0 bridgehead atoms. The van der Waals surface area contributed by atoms with Crippen LogP contribution in [-0.4, -0.2) is 31.6 Å². The zero-order valence-electron chi connectivity index (χ0n) is 15.8. The van der Waals surface area contributed by atoms with Crippen molar-refractivity contribution in [2.24, 2.45) is 0 Å². The van der Waals surface area contributed by atoms with Gasteiger partial charge in [0.1, 0.15) is 9.88 Å². The van der Waals surface area contributed by atoms with Gasteiger partial charge in [-0.2, -0.15) is 5.10 Å². The highest BCUT2D eigenvalue weighted by Crippen LogP contribution is 2.42. The van der Waals surface area contributed by atoms with Crippen molar-refractivity contribution in [3.8, 4) is 21.3 Å². The van der Waals surface area contributed by atoms with Gasteiger partial charge in [0.25, 0.3) is 0 Å². The van der Waals surface area contributed by atoms with Crippen molar-refractivity contribution in [3.05, 3.63) is 71.8 Å². The topological polar surface area (TPSA) is 62.1 Å². The van der Waals surface area contributed by atoms with Crippen LogP contribution in [0.5, 0.6) is 0 Å². The van der Waals surface area contributed by atoms with Gasteiger partial charge in [0.05, 0.1) is 16.8 Å². The number of hydrogen-bond donors (Lipinski definition) is 1. The Morgan fingerprint density at radius 3 is 2.72 bits per heavy atom. The molecule has 0 aliphatic carbocycles. The minimum atomic E-state index is 0.703. The molecule has 4 aromatic heterocycles. The fourth-order valence-electron chi connectivity index (χ4n) is 3.36. The number of nitrogens with zero attached hydrogens (tertiary/aromatic N) is 5. The first-order chi connectivity index (χ1) is 14.1. The molecule has 6 nitrogen and oxygen atoms in total. The van der Waals surface area contributed by atoms with Crippen molar-refractivity contribution in [2.45, 2.75) is 6.92 Å². The number of hydrogen-bond acceptors (Lipinski definition) is 5. The molecule has 144 valence electrons. The lowest BCUT2D eigenvalue weighted by Gasteiger charge is -2.18. The predicted octanol–water partition coefficient (Wildman–Crippen LogP) is 5.58. The van der Waals surface area contributed by atoms with Gasteiger partial charge in [0, 0.05) is 36.3 Å². The normalized spacial score (nSPS) is 11.3. The zero-order chi connectivity index (χ0) is 20.0. The Balaban J connectivity index is 1.70. The number of fused-ring (bicyclic) bond motifs is 1. The molecule has 0 saturated carbocycles. The summed E-state index contributed by atoms with van der Waals surface area (Å²) in [7, 11) is 2.00. The van der Waals surface area contributed by atoms with E-state index in [1.54, 1.807) is 17.5 Å². The second kappa shape index (κ2) is 7.02. The maximum absolute atomic E-state index is 6.06. The number of H-pyrrole nitrogens is 1. The lowest BCUT2D eigenvalue weighted by Crippen LogP contribution is -2.10. The number of imidazole rings is 1. The van der Waals surface area contributed by atoms with Crippen molar-refractivity contribution in [1.29, 1.82) is 0 Å². The molecule has 1 N–H and O–H groups in total. The lowest BCUT2D eigenvalue weighted by atomic mass is 10.2. The minimum absolute atomic E-state index is 0.703. The van der Waals surface area contributed by atoms with E-state index in [1.807, 2.05) is 67.3 Å². The van der Waals surface area contributed by atoms with E-state index in [0.29, 0.717) is 5.02 Å². The van der Waals surface area contributed by atoms with Crippen molar-refractivity contribution >= 4 is 40.0 Å². The standard InChI is InChI=1S/C21H17ClN6S/c1-13-17(16-5-3-4-12-28(16)26-13)21-25-20(18(29-21)19-23-10-11-24-19)27(2)15-8-6-14(22)7-9-15/h3-12H,1-2H3,(H,23,24). The van der Waals surface area contributed by atoms with Gasteiger partial charge in [-0.15, -0.1) is 11.3 Å². The van der Waals surface area contributed by atoms with Gasteiger partial charge in [-0.05, 0) is 43.3 Å². The molecule has 0 radical (unpaired) electrons. The Kier molecular flexibility index (Phi) is 4.34. The molecule has 0 saturated heterocycles. The molecular formula is C21H17ClN6S. The molecule has 0 fully saturated rings. The number of aromatic amines is 1. The summed E-state index contributed by atoms with van der Waals surface area (Å²) in [6, 6.07) is 13.8. The summed E-state index contributed by atoms with van der Waals surface area (Å²) in [5.74, 6) is 1.62. The number of rotatable bonds is 4. The smallest absolute Gasteiger partial charge is 0.155 e. The first-order valence-corrected chi connectivity index (χ1v) is 10.3. The Morgan fingerprint density at radius 2 is 1.97 bits per heavy atom. The van der Waals surface area contributed by atoms with Crippen LogP contribution in [0.25, 0.3) is 26.8 Å². The van der Waals surface area contributed by atoms with E-state index < -0.39 is 0 Å². The maximum Gasteiger partial charge on any atom is 0.155 e. The first-order valence-electron chi connectivity index (χ1n) is 9.06. The molecule has 5 aromatic rings. The van der Waals surface area contributed by atoms with E-state index in [9.17, 15) is 0 Å². The van der Waals surface area contributed by atoms with Crippen LogP contribution in [0.4, 0.5) is 11.5 Å². The number of nitrogens with one attached hydrogen (secondary N) is 1. The summed E-state index contributed by atoms with van der Waals surface area (Å²) in [4.78, 5) is 15.7. The van der Waals surface area contributed by atoms with Gasteiger partial charge >= 0.3 is 0 Å². The third-order valence-electron chi connectivity index (χ3n) is 4.78. The molecule has 5 rings (SSSR count). The van der Waals surface area contributed by atoms with Gasteiger partial charge in [0.15, 0.2) is 11.6 Å². The van der Waals surface area contributed by atoms with Crippen LogP contribution in [0.2, 0.25) is 5.02 Å². The number of benzene rings is 1. The third-order valence-corrected chi connectivity index (χ3v) is 6.10. The Morgan fingerprint density at radius 1 is 1.14 bits per heavy atom. The molecule has 0 aliphatic rings. The van der Waals surface area contributed by atoms with Crippen LogP contribution in [0, 0.1) is 6.92 Å². The maximum atomic E-state index is 6.06. The molecular weight excluding hydrogens is 404 g/mol. The quantitative estimate of drug-likeness (QED) is 0.412. The average Bonchev–Trinajstić information content (AvgIpc) is 3.45. The molecule has 1 aromatic carbocycles. The molecule has 29 heavy (non-hydrogen) atoms. The Labute approximate surface area is 176 Å². The van der Waals surface area contributed by atoms with Crippen molar-refractivity contribution in [1.82, 2.24) is 24.6 Å². The molecule has 0 unspecified atom stereocenters. The summed E-state index contributed by atoms with van der Waals surface area (Å²) >= 11 is 7.67. The van der Waals surface area contributed by atoms with Crippen LogP contribution in [0.15, 0.2) is 61.1 Å². The summed E-state index contributed by atoms with van der Waals surface area (Å²) < 4.78 is 1.89. The van der Waals surface area contributed by atoms with E-state index in [-0.39, 0.29) is 0 Å². The largest absolute Gasteiger partial charge is 0.344 e. The highest BCUT2D eigenvalue weighted by molar-refractivity contribution is 7.19. The average molecular weight is 421 g/mol. The number of halogens is 1. The number of pyridine rings is 1. The third kappa shape index (κ3) is 3.08. The Bertz CT molecular complexity index is 1290. The molecule has 0 amide bonds. The Hall–Kier alpha value is -3.16. The monoisotopic (exact) mass is 420 g/mol. The van der Waals surface area contributed by atoms with E-state index in [2.05, 4.69) is 26.0 Å². The number of aryl methyl sites for hydroxylation is 1. The van der Waals surface area contributed by atoms with Gasteiger partial charge in [0.2, 0.25) is 0 Å². The van der Waals surface area contributed by atoms with Crippen molar-refractivity contribution < 1.29 is 0 Å². The van der Waals surface area contributed by atoms with Gasteiger partial charge in [-0.25, -0.2) is 14.5 Å². The summed E-state index contributed by atoms with van der Waals surface area (Å²) in [5, 5.41) is 6.25. The summed E-state index contributed by atoms with van der Waals surface area (Å²) in [6.45, 7) is 2.01. The number of thiazole rings is 1. The summed E-state index contributed by atoms with van der Waals surface area (Å²) in [5.41, 5.74) is 4.01. The van der Waals surface area contributed by atoms with Crippen LogP contribution < -0.4 is 4.90 Å². The lowest BCUT2D eigenvalue weighted by molar-refractivity contribution is 0.934. The van der Waals surface area contributed by atoms with E-state index in [4.69, 9.17) is 16.6 Å². The van der Waals surface area contributed by atoms with E-state index in [1.165, 1.54) is 0 Å². The molecule has 0 spiro atoms. The molecule has 0 aliphatic heterocycles. The van der Waals surface area contributed by atoms with E-state index in [0.717, 1.165) is 44.0 Å². The first kappa shape index (κ1) is 17.9. The molecule has 0 atom stereocenters. The van der Waals surface area contributed by atoms with E-state index >= 15 is 0 Å². The highest BCUT2D eigenvalue weighted by atomic mass is 35.5. The zero-order valence-corrected chi connectivity index (χ0v) is 17.4. The second-order valence-corrected chi connectivity index (χ2v) is 8.07. The molecule has 8 heteroatoms. The van der Waals surface area contributed by atoms with Crippen LogP contribution >= 0.6 is 22.9 Å². The second-order valence-electron chi connectivity index (χ2n) is 6.64. The van der Waals surface area contributed by atoms with Crippen LogP contribution in [0.3, 0.4) is 0 Å². The van der Waals surface area contributed by atoms with Gasteiger partial charge in [-0.1, -0.05) is 17.7 Å². The minimum Gasteiger partial charge on any atom is -0.344 e. The SMILES string of the molecule is Cc1nn2ccccc2c1-c1nc(N(C)c2ccc(Cl)cc2)c(-c2ncc[nH]2)s1. The van der Waals surface area contributed by atoms with Crippen molar-refractivity contribution in [2.75, 3.05) is 11.9 Å².